The molecule has 4 heteroatoms. The van der Waals surface area contributed by atoms with Gasteiger partial charge < -0.3 is 16.2 Å². The smallest absolute Gasteiger partial charge is 0.317 e. The lowest BCUT2D eigenvalue weighted by Gasteiger charge is -2.55. The predicted octanol–water partition coefficient (Wildman–Crippen LogP) is 3.72. The summed E-state index contributed by atoms with van der Waals surface area (Å²) in [7, 11) is 0. The lowest BCUT2D eigenvalue weighted by atomic mass is 9.49. The van der Waals surface area contributed by atoms with Gasteiger partial charge in [0.1, 0.15) is 5.75 Å². The average molecular weight is 357 g/mol. The Hall–Kier alpha value is -1.39. The summed E-state index contributed by atoms with van der Waals surface area (Å²) in [4.78, 5) is 13.0. The number of carbonyl (C=O) groups is 1. The zero-order chi connectivity index (χ0) is 18.5. The van der Waals surface area contributed by atoms with Crippen molar-refractivity contribution in [2.24, 2.45) is 34.6 Å². The van der Waals surface area contributed by atoms with Crippen LogP contribution in [0.2, 0.25) is 0 Å². The Balaban J connectivity index is 1.45. The van der Waals surface area contributed by atoms with Gasteiger partial charge in [0.2, 0.25) is 0 Å². The number of carbonyl (C=O) groups excluding carboxylic acids is 1. The number of benzene rings is 1. The molecule has 4 nitrogen and oxygen atoms in total. The Morgan fingerprint density at radius 1 is 1.15 bits per heavy atom. The summed E-state index contributed by atoms with van der Waals surface area (Å²) in [5.74, 6) is 2.86. The lowest BCUT2D eigenvalue weighted by molar-refractivity contribution is -0.161. The summed E-state index contributed by atoms with van der Waals surface area (Å²) in [6, 6.07) is 7.72. The first-order valence-electron chi connectivity index (χ1n) is 10.1. The molecule has 0 amide bonds. The molecule has 0 radical (unpaired) electrons. The topological polar surface area (TPSA) is 78.3 Å². The molecule has 4 saturated carbocycles. The van der Waals surface area contributed by atoms with Crippen LogP contribution in [0.4, 0.5) is 0 Å². The molecule has 5 rings (SSSR count). The maximum absolute atomic E-state index is 13.0. The SMILES string of the molecule is CC(N)CC(C)(N)c1ccc(OC(=O)C23CC4CC(CC(C4)C2)C3)cc1. The van der Waals surface area contributed by atoms with Crippen LogP contribution in [0.3, 0.4) is 0 Å². The van der Waals surface area contributed by atoms with Gasteiger partial charge in [0.25, 0.3) is 0 Å². The molecule has 0 heterocycles. The van der Waals surface area contributed by atoms with Crippen molar-refractivity contribution in [2.75, 3.05) is 0 Å². The zero-order valence-electron chi connectivity index (χ0n) is 16.0. The van der Waals surface area contributed by atoms with Crippen LogP contribution in [-0.4, -0.2) is 12.0 Å². The quantitative estimate of drug-likeness (QED) is 0.622. The number of nitrogens with two attached hydrogens (primary N) is 2. The van der Waals surface area contributed by atoms with E-state index < -0.39 is 5.54 Å². The molecule has 26 heavy (non-hydrogen) atoms. The molecule has 4 fully saturated rings. The standard InChI is InChI=1S/C22H32N2O2/c1-14(23)10-21(2,24)18-3-5-19(6-4-18)26-20(25)22-11-15-7-16(12-22)9-17(8-15)13-22/h3-6,14-17H,7-13,23-24H2,1-2H3. The van der Waals surface area contributed by atoms with E-state index in [1.807, 2.05) is 38.1 Å². The van der Waals surface area contributed by atoms with Crippen molar-refractivity contribution < 1.29 is 9.53 Å². The van der Waals surface area contributed by atoms with Crippen LogP contribution in [0.15, 0.2) is 24.3 Å². The van der Waals surface area contributed by atoms with Crippen molar-refractivity contribution in [1.29, 1.82) is 0 Å². The van der Waals surface area contributed by atoms with Crippen molar-refractivity contribution in [1.82, 2.24) is 0 Å². The van der Waals surface area contributed by atoms with Gasteiger partial charge in [0.05, 0.1) is 5.41 Å². The normalized spacial score (nSPS) is 35.8. The summed E-state index contributed by atoms with van der Waals surface area (Å²) in [6.45, 7) is 3.96. The fourth-order valence-electron chi connectivity index (χ4n) is 6.27. The molecule has 1 aromatic rings. The van der Waals surface area contributed by atoms with Gasteiger partial charge in [-0.1, -0.05) is 12.1 Å². The van der Waals surface area contributed by atoms with Crippen LogP contribution in [0.5, 0.6) is 5.75 Å². The lowest BCUT2D eigenvalue weighted by Crippen LogP contribution is -2.51. The molecule has 4 aliphatic rings. The number of rotatable bonds is 5. The van der Waals surface area contributed by atoms with Gasteiger partial charge in [0, 0.05) is 11.6 Å². The van der Waals surface area contributed by atoms with Crippen molar-refractivity contribution in [3.8, 4) is 5.75 Å². The maximum Gasteiger partial charge on any atom is 0.317 e. The van der Waals surface area contributed by atoms with E-state index in [-0.39, 0.29) is 17.4 Å². The van der Waals surface area contributed by atoms with E-state index in [1.54, 1.807) is 0 Å². The van der Waals surface area contributed by atoms with Crippen LogP contribution in [0.25, 0.3) is 0 Å². The van der Waals surface area contributed by atoms with Crippen molar-refractivity contribution in [3.63, 3.8) is 0 Å². The highest BCUT2D eigenvalue weighted by Crippen LogP contribution is 2.60. The van der Waals surface area contributed by atoms with Gasteiger partial charge in [-0.15, -0.1) is 0 Å². The fourth-order valence-corrected chi connectivity index (χ4v) is 6.27. The second-order valence-corrected chi connectivity index (χ2v) is 9.71. The molecule has 0 aromatic heterocycles. The summed E-state index contributed by atoms with van der Waals surface area (Å²) < 4.78 is 5.84. The highest BCUT2D eigenvalue weighted by molar-refractivity contribution is 5.79. The highest BCUT2D eigenvalue weighted by atomic mass is 16.5. The Morgan fingerprint density at radius 3 is 2.12 bits per heavy atom. The molecule has 0 spiro atoms. The van der Waals surface area contributed by atoms with Gasteiger partial charge in [0.15, 0.2) is 0 Å². The summed E-state index contributed by atoms with van der Waals surface area (Å²) in [5, 5.41) is 0. The van der Waals surface area contributed by atoms with E-state index in [1.165, 1.54) is 19.3 Å². The molecule has 0 aliphatic heterocycles. The fraction of sp³-hybridized carbons (Fsp3) is 0.682. The largest absolute Gasteiger partial charge is 0.426 e. The number of esters is 1. The summed E-state index contributed by atoms with van der Waals surface area (Å²) in [6.07, 6.45) is 7.79. The van der Waals surface area contributed by atoms with Crippen molar-refractivity contribution in [3.05, 3.63) is 29.8 Å². The molecule has 142 valence electrons. The van der Waals surface area contributed by atoms with E-state index in [0.717, 1.165) is 42.6 Å². The minimum Gasteiger partial charge on any atom is -0.426 e. The van der Waals surface area contributed by atoms with Crippen LogP contribution < -0.4 is 16.2 Å². The Morgan fingerprint density at radius 2 is 1.65 bits per heavy atom. The van der Waals surface area contributed by atoms with Crippen LogP contribution >= 0.6 is 0 Å². The molecule has 2 unspecified atom stereocenters. The van der Waals surface area contributed by atoms with E-state index in [2.05, 4.69) is 0 Å². The first-order chi connectivity index (χ1) is 12.3. The van der Waals surface area contributed by atoms with Crippen LogP contribution in [-0.2, 0) is 10.3 Å². The molecule has 2 atom stereocenters. The van der Waals surface area contributed by atoms with Crippen molar-refractivity contribution >= 4 is 5.97 Å². The molecular weight excluding hydrogens is 324 g/mol. The van der Waals surface area contributed by atoms with Gasteiger partial charge in [-0.25, -0.2) is 0 Å². The van der Waals surface area contributed by atoms with E-state index in [9.17, 15) is 4.79 Å². The zero-order valence-corrected chi connectivity index (χ0v) is 16.0. The second-order valence-electron chi connectivity index (χ2n) is 9.71. The van der Waals surface area contributed by atoms with Gasteiger partial charge in [-0.2, -0.15) is 0 Å². The molecule has 4 N–H and O–H groups in total. The van der Waals surface area contributed by atoms with Gasteiger partial charge in [-0.3, -0.25) is 4.79 Å². The summed E-state index contributed by atoms with van der Waals surface area (Å²) in [5.41, 5.74) is 12.6. The Labute approximate surface area is 156 Å². The molecular formula is C22H32N2O2. The van der Waals surface area contributed by atoms with Crippen LogP contribution in [0, 0.1) is 23.2 Å². The Kier molecular flexibility index (Phi) is 4.39. The van der Waals surface area contributed by atoms with E-state index in [0.29, 0.717) is 12.2 Å². The maximum atomic E-state index is 13.0. The summed E-state index contributed by atoms with van der Waals surface area (Å²) >= 11 is 0. The highest BCUT2D eigenvalue weighted by Gasteiger charge is 2.55. The van der Waals surface area contributed by atoms with E-state index >= 15 is 0 Å². The predicted molar refractivity (Wildman–Crippen MR) is 102 cm³/mol. The van der Waals surface area contributed by atoms with Crippen molar-refractivity contribution in [2.45, 2.75) is 70.4 Å². The third kappa shape index (κ3) is 3.29. The molecule has 1 aromatic carbocycles. The van der Waals surface area contributed by atoms with E-state index in [4.69, 9.17) is 16.2 Å². The van der Waals surface area contributed by atoms with Gasteiger partial charge in [-0.05, 0) is 94.2 Å². The minimum atomic E-state index is -0.476. The third-order valence-electron chi connectivity index (χ3n) is 6.94. The Bertz CT molecular complexity index is 643. The second kappa shape index (κ2) is 6.35. The third-order valence-corrected chi connectivity index (χ3v) is 6.94. The minimum absolute atomic E-state index is 0.00422. The van der Waals surface area contributed by atoms with Crippen LogP contribution in [0.1, 0.15) is 64.4 Å². The molecule has 0 saturated heterocycles. The number of ether oxygens (including phenoxy) is 1. The average Bonchev–Trinajstić information content (AvgIpc) is 2.53. The molecule has 4 aliphatic carbocycles. The number of hydrogen-bond donors (Lipinski definition) is 2. The first-order valence-corrected chi connectivity index (χ1v) is 10.1. The van der Waals surface area contributed by atoms with Gasteiger partial charge >= 0.3 is 5.97 Å². The number of hydrogen-bond acceptors (Lipinski definition) is 4. The first kappa shape index (κ1) is 18.0. The molecule has 4 bridgehead atoms. The monoisotopic (exact) mass is 356 g/mol.